The lowest BCUT2D eigenvalue weighted by Crippen LogP contribution is -2.51. The first-order valence-electron chi connectivity index (χ1n) is 10.0. The number of thiophene rings is 1. The van der Waals surface area contributed by atoms with Gasteiger partial charge in [-0.15, -0.1) is 0 Å². The number of carbonyl (C=O) groups excluding carboxylic acids is 2. The number of amides is 3. The first kappa shape index (κ1) is 19.3. The molecule has 5 rings (SSSR count). The fourth-order valence-electron chi connectivity index (χ4n) is 4.16. The number of fused-ring (bicyclic) bond motifs is 1. The highest BCUT2D eigenvalue weighted by atomic mass is 32.1. The van der Waals surface area contributed by atoms with Crippen LogP contribution in [0.25, 0.3) is 0 Å². The summed E-state index contributed by atoms with van der Waals surface area (Å²) in [6.45, 7) is 6.63. The molecule has 0 aliphatic carbocycles. The van der Waals surface area contributed by atoms with Crippen LogP contribution in [-0.4, -0.2) is 66.3 Å². The van der Waals surface area contributed by atoms with E-state index in [9.17, 15) is 9.59 Å². The van der Waals surface area contributed by atoms with Crippen LogP contribution in [0.1, 0.15) is 18.1 Å². The molecule has 2 saturated heterocycles. The molecule has 1 aromatic heterocycles. The van der Waals surface area contributed by atoms with Crippen molar-refractivity contribution in [1.82, 2.24) is 20.0 Å². The SMILES string of the molecule is C[C@@]1(c2ccc3c(c2)OCO3)NC(=O)N(CN2CCN(Cc3ccsc3)CC2)C1=O. The van der Waals surface area contributed by atoms with Crippen molar-refractivity contribution in [3.8, 4) is 11.5 Å². The lowest BCUT2D eigenvalue weighted by Gasteiger charge is -2.36. The topological polar surface area (TPSA) is 74.4 Å². The van der Waals surface area contributed by atoms with Gasteiger partial charge in [-0.05, 0) is 47.0 Å². The zero-order valence-corrected chi connectivity index (χ0v) is 17.6. The summed E-state index contributed by atoms with van der Waals surface area (Å²) in [6.07, 6.45) is 0. The van der Waals surface area contributed by atoms with Crippen LogP contribution in [-0.2, 0) is 16.9 Å². The van der Waals surface area contributed by atoms with E-state index in [0.29, 0.717) is 23.7 Å². The van der Waals surface area contributed by atoms with Crippen LogP contribution in [0.4, 0.5) is 4.79 Å². The molecule has 2 fully saturated rings. The van der Waals surface area contributed by atoms with Gasteiger partial charge < -0.3 is 14.8 Å². The Hall–Kier alpha value is -2.62. The van der Waals surface area contributed by atoms with E-state index in [1.165, 1.54) is 10.5 Å². The molecule has 0 unspecified atom stereocenters. The van der Waals surface area contributed by atoms with Gasteiger partial charge in [-0.25, -0.2) is 9.69 Å². The highest BCUT2D eigenvalue weighted by molar-refractivity contribution is 7.07. The predicted molar refractivity (Wildman–Crippen MR) is 111 cm³/mol. The van der Waals surface area contributed by atoms with Crippen LogP contribution in [0.15, 0.2) is 35.0 Å². The van der Waals surface area contributed by atoms with E-state index < -0.39 is 5.54 Å². The third kappa shape index (κ3) is 3.42. The van der Waals surface area contributed by atoms with Crippen molar-refractivity contribution in [2.24, 2.45) is 0 Å². The zero-order valence-electron chi connectivity index (χ0n) is 16.8. The van der Waals surface area contributed by atoms with Crippen LogP contribution < -0.4 is 14.8 Å². The number of carbonyl (C=O) groups is 2. The third-order valence-electron chi connectivity index (χ3n) is 6.02. The van der Waals surface area contributed by atoms with E-state index in [1.807, 2.05) is 0 Å². The first-order chi connectivity index (χ1) is 14.5. The average Bonchev–Trinajstić information content (AvgIpc) is 3.47. The Morgan fingerprint density at radius 3 is 2.60 bits per heavy atom. The molecule has 30 heavy (non-hydrogen) atoms. The van der Waals surface area contributed by atoms with Gasteiger partial charge in [0.15, 0.2) is 11.5 Å². The standard InChI is InChI=1S/C21H24N4O4S/c1-21(16-2-3-17-18(10-16)29-14-28-17)19(26)25(20(27)22-21)13-24-7-5-23(6-8-24)11-15-4-9-30-12-15/h2-4,9-10,12H,5-8,11,13-14H2,1H3,(H,22,27)/t21-/m0/s1. The van der Waals surface area contributed by atoms with Gasteiger partial charge in [0.25, 0.3) is 5.91 Å². The number of hydrogen-bond acceptors (Lipinski definition) is 7. The summed E-state index contributed by atoms with van der Waals surface area (Å²) in [7, 11) is 0. The molecule has 2 aromatic rings. The third-order valence-corrected chi connectivity index (χ3v) is 6.75. The number of hydrogen-bond donors (Lipinski definition) is 1. The van der Waals surface area contributed by atoms with Crippen molar-refractivity contribution in [1.29, 1.82) is 0 Å². The normalized spacial score (nSPS) is 24.5. The lowest BCUT2D eigenvalue weighted by molar-refractivity contribution is -0.132. The Morgan fingerprint density at radius 1 is 1.07 bits per heavy atom. The smallest absolute Gasteiger partial charge is 0.326 e. The van der Waals surface area contributed by atoms with Crippen LogP contribution in [0.3, 0.4) is 0 Å². The Kier molecular flexibility index (Phi) is 4.88. The summed E-state index contributed by atoms with van der Waals surface area (Å²) >= 11 is 1.71. The molecule has 0 radical (unpaired) electrons. The Morgan fingerprint density at radius 2 is 1.83 bits per heavy atom. The number of piperazine rings is 1. The molecule has 0 saturated carbocycles. The number of benzene rings is 1. The van der Waals surface area contributed by atoms with Gasteiger partial charge in [0.2, 0.25) is 6.79 Å². The van der Waals surface area contributed by atoms with Gasteiger partial charge in [0.05, 0.1) is 6.67 Å². The van der Waals surface area contributed by atoms with E-state index in [-0.39, 0.29) is 18.7 Å². The summed E-state index contributed by atoms with van der Waals surface area (Å²) < 4.78 is 10.8. The quantitative estimate of drug-likeness (QED) is 0.735. The second kappa shape index (κ2) is 7.57. The number of rotatable bonds is 5. The second-order valence-electron chi connectivity index (χ2n) is 8.02. The van der Waals surface area contributed by atoms with Crippen molar-refractivity contribution < 1.29 is 19.1 Å². The van der Waals surface area contributed by atoms with Gasteiger partial charge in [-0.3, -0.25) is 14.6 Å². The molecule has 3 aliphatic heterocycles. The minimum atomic E-state index is -1.11. The van der Waals surface area contributed by atoms with E-state index in [1.54, 1.807) is 36.5 Å². The summed E-state index contributed by atoms with van der Waals surface area (Å²) in [5, 5.41) is 7.15. The molecular formula is C21H24N4O4S. The number of nitrogens with one attached hydrogen (secondary N) is 1. The van der Waals surface area contributed by atoms with Gasteiger partial charge in [-0.2, -0.15) is 11.3 Å². The second-order valence-corrected chi connectivity index (χ2v) is 8.80. The summed E-state index contributed by atoms with van der Waals surface area (Å²) in [5.41, 5.74) is 0.911. The van der Waals surface area contributed by atoms with Gasteiger partial charge in [0.1, 0.15) is 5.54 Å². The van der Waals surface area contributed by atoms with Crippen LogP contribution in [0, 0.1) is 0 Å². The maximum Gasteiger partial charge on any atom is 0.326 e. The van der Waals surface area contributed by atoms with Crippen molar-refractivity contribution in [2.45, 2.75) is 19.0 Å². The largest absolute Gasteiger partial charge is 0.454 e. The highest BCUT2D eigenvalue weighted by Gasteiger charge is 2.49. The van der Waals surface area contributed by atoms with Crippen LogP contribution in [0.2, 0.25) is 0 Å². The summed E-state index contributed by atoms with van der Waals surface area (Å²) in [6, 6.07) is 7.14. The molecule has 1 aromatic carbocycles. The monoisotopic (exact) mass is 428 g/mol. The van der Waals surface area contributed by atoms with E-state index in [2.05, 4.69) is 31.9 Å². The van der Waals surface area contributed by atoms with Crippen molar-refractivity contribution in [3.05, 3.63) is 46.2 Å². The van der Waals surface area contributed by atoms with Crippen molar-refractivity contribution in [3.63, 3.8) is 0 Å². The van der Waals surface area contributed by atoms with E-state index in [4.69, 9.17) is 9.47 Å². The molecule has 3 aliphatic rings. The lowest BCUT2D eigenvalue weighted by atomic mass is 9.92. The Balaban J connectivity index is 1.23. The number of nitrogens with zero attached hydrogens (tertiary/aromatic N) is 3. The van der Waals surface area contributed by atoms with Gasteiger partial charge >= 0.3 is 6.03 Å². The van der Waals surface area contributed by atoms with Gasteiger partial charge in [-0.1, -0.05) is 6.07 Å². The summed E-state index contributed by atoms with van der Waals surface area (Å²) in [4.78, 5) is 31.8. The van der Waals surface area contributed by atoms with E-state index in [0.717, 1.165) is 32.7 Å². The minimum Gasteiger partial charge on any atom is -0.454 e. The molecule has 8 nitrogen and oxygen atoms in total. The molecule has 0 spiro atoms. The van der Waals surface area contributed by atoms with Crippen LogP contribution in [0.5, 0.6) is 11.5 Å². The molecule has 1 atom stereocenters. The molecule has 4 heterocycles. The first-order valence-corrected chi connectivity index (χ1v) is 11.0. The minimum absolute atomic E-state index is 0.167. The molecule has 0 bridgehead atoms. The molecular weight excluding hydrogens is 404 g/mol. The predicted octanol–water partition coefficient (Wildman–Crippen LogP) is 2.02. The number of ether oxygens (including phenoxy) is 2. The molecule has 158 valence electrons. The number of imide groups is 1. The van der Waals surface area contributed by atoms with Crippen LogP contribution >= 0.6 is 11.3 Å². The Labute approximate surface area is 179 Å². The number of urea groups is 1. The maximum atomic E-state index is 13.2. The summed E-state index contributed by atoms with van der Waals surface area (Å²) in [5.74, 6) is 0.999. The molecule has 1 N–H and O–H groups in total. The molecule has 3 amide bonds. The average molecular weight is 429 g/mol. The zero-order chi connectivity index (χ0) is 20.7. The van der Waals surface area contributed by atoms with Gasteiger partial charge in [0, 0.05) is 32.7 Å². The Bertz CT molecular complexity index is 958. The maximum absolute atomic E-state index is 13.2. The van der Waals surface area contributed by atoms with E-state index >= 15 is 0 Å². The fourth-order valence-corrected chi connectivity index (χ4v) is 4.82. The molecule has 9 heteroatoms. The highest BCUT2D eigenvalue weighted by Crippen LogP contribution is 2.37. The fraction of sp³-hybridized carbons (Fsp3) is 0.429. The van der Waals surface area contributed by atoms with Crippen molar-refractivity contribution in [2.75, 3.05) is 39.6 Å². The van der Waals surface area contributed by atoms with Crippen molar-refractivity contribution >= 4 is 23.3 Å².